The lowest BCUT2D eigenvalue weighted by Crippen LogP contribution is -2.22. The first-order chi connectivity index (χ1) is 74.4. The van der Waals surface area contributed by atoms with Crippen LogP contribution in [0.4, 0.5) is 45.5 Å². The van der Waals surface area contributed by atoms with Gasteiger partial charge in [-0.3, -0.25) is 0 Å². The molecular weight excluding hydrogens is 1850 g/mol. The molecule has 150 heavy (non-hydrogen) atoms. The first-order valence-electron chi connectivity index (χ1n) is 50.6. The van der Waals surface area contributed by atoms with Crippen molar-refractivity contribution in [2.75, 3.05) is 14.7 Å². The van der Waals surface area contributed by atoms with E-state index in [2.05, 4.69) is 418 Å². The molecule has 706 valence electrons. The molecule has 13 nitrogen and oxygen atoms in total. The van der Waals surface area contributed by atoms with Crippen LogP contribution in [-0.4, -0.2) is 49.0 Å². The van der Waals surface area contributed by atoms with E-state index in [9.17, 15) is 0 Å². The Kier molecular flexibility index (Phi) is 23.1. The minimum atomic E-state index is 0.0516. The van der Waals surface area contributed by atoms with E-state index in [4.69, 9.17) is 39.9 Å². The quantitative estimate of drug-likeness (QED) is 0.103. The second kappa shape index (κ2) is 38.8. The van der Waals surface area contributed by atoms with Crippen LogP contribution >= 0.6 is 11.8 Å². The Morgan fingerprint density at radius 1 is 0.187 bits per heavy atom. The Hall–Kier alpha value is -19.7. The number of nitrogens with zero attached hydrogens (tertiary/aromatic N) is 13. The van der Waals surface area contributed by atoms with Crippen LogP contribution in [0, 0.1) is 0 Å². The molecule has 29 rings (SSSR count). The maximum atomic E-state index is 5.13. The summed E-state index contributed by atoms with van der Waals surface area (Å²) in [6.07, 6.45) is 0. The summed E-state index contributed by atoms with van der Waals surface area (Å²) in [6.45, 7) is 0. The van der Waals surface area contributed by atoms with Gasteiger partial charge in [0.25, 0.3) is 0 Å². The smallest absolute Gasteiger partial charge is 0.164 e. The lowest BCUT2D eigenvalue weighted by Gasteiger charge is -2.32. The van der Waals surface area contributed by atoms with Crippen molar-refractivity contribution in [2.24, 2.45) is 0 Å². The predicted octanol–water partition coefficient (Wildman–Crippen LogP) is 34.8. The van der Waals surface area contributed by atoms with Gasteiger partial charge in [-0.2, -0.15) is 0 Å². The van der Waals surface area contributed by atoms with Gasteiger partial charge < -0.3 is 23.8 Å². The third-order valence-electron chi connectivity index (χ3n) is 28.6. The maximum absolute atomic E-state index is 5.13. The molecule has 2 atom stereocenters. The molecule has 4 aliphatic heterocycles. The first kappa shape index (κ1) is 89.2. The monoisotopic (exact) mass is 1940 g/mol. The molecule has 4 aliphatic rings. The van der Waals surface area contributed by atoms with Gasteiger partial charge in [0.2, 0.25) is 0 Å². The molecule has 0 spiro atoms. The first-order valence-corrected chi connectivity index (χ1v) is 51.4. The molecule has 25 aromatic rings. The van der Waals surface area contributed by atoms with Crippen LogP contribution < -0.4 is 14.7 Å². The zero-order chi connectivity index (χ0) is 99.3. The number of anilines is 8. The zero-order valence-electron chi connectivity index (χ0n) is 81.3. The molecule has 0 saturated heterocycles. The maximum Gasteiger partial charge on any atom is 0.164 e. The van der Waals surface area contributed by atoms with Crippen molar-refractivity contribution in [1.29, 1.82) is 0 Å². The summed E-state index contributed by atoms with van der Waals surface area (Å²) in [5.41, 5.74) is 37.8. The van der Waals surface area contributed by atoms with Crippen LogP contribution in [0.2, 0.25) is 0 Å². The topological polar surface area (TPSA) is 123 Å². The van der Waals surface area contributed by atoms with Crippen molar-refractivity contribution in [3.05, 3.63) is 557 Å². The number of hydrogen-bond acceptors (Lipinski definition) is 12. The van der Waals surface area contributed by atoms with Crippen LogP contribution in [0.25, 0.3) is 180 Å². The van der Waals surface area contributed by atoms with Gasteiger partial charge in [0.05, 0.1) is 62.6 Å². The third kappa shape index (κ3) is 16.3. The molecule has 20 aromatic carbocycles. The van der Waals surface area contributed by atoms with E-state index < -0.39 is 0 Å². The third-order valence-corrected chi connectivity index (χ3v) is 29.8. The van der Waals surface area contributed by atoms with Crippen molar-refractivity contribution in [1.82, 2.24) is 49.0 Å². The van der Waals surface area contributed by atoms with Gasteiger partial charge in [-0.15, -0.1) is 0 Å². The van der Waals surface area contributed by atoms with E-state index in [0.29, 0.717) is 40.8 Å². The Morgan fingerprint density at radius 3 is 1.04 bits per heavy atom. The fourth-order valence-electron chi connectivity index (χ4n) is 22.0. The van der Waals surface area contributed by atoms with Crippen LogP contribution in [-0.2, 0) is 0 Å². The van der Waals surface area contributed by atoms with E-state index in [1.807, 2.05) is 157 Å². The number of aromatic nitrogens is 10. The highest BCUT2D eigenvalue weighted by atomic mass is 32.2. The van der Waals surface area contributed by atoms with E-state index in [0.717, 1.165) is 124 Å². The molecule has 0 fully saturated rings. The van der Waals surface area contributed by atoms with Crippen LogP contribution in [0.3, 0.4) is 0 Å². The second-order valence-electron chi connectivity index (χ2n) is 37.5. The van der Waals surface area contributed by atoms with Crippen molar-refractivity contribution in [2.45, 2.75) is 21.8 Å². The molecule has 9 heterocycles. The number of para-hydroxylation sites is 9. The average Bonchev–Trinajstić information content (AvgIpc) is 1.56. The van der Waals surface area contributed by atoms with Gasteiger partial charge in [-0.05, 0) is 156 Å². The fraction of sp³-hybridized carbons (Fsp3) is 0.0147. The number of benzene rings is 20. The Labute approximate surface area is 873 Å². The molecule has 0 amide bonds. The summed E-state index contributed by atoms with van der Waals surface area (Å²) < 4.78 is 4.85. The SMILES string of the molecule is c1ccc(-c2cc(-c3cccc(-n4c5c(c6ccccc64)-c4ccccc4Sc4ccccc4-5)c3)nc(-c3ccccc3)n2)cc1.c1ccc(-c2nc(-c3ccccc3)nc(-c3ccc(-n4c5c(c6ccccc64)-c4ccccc4N(c4ccccc4)c4ccccc4-5)cc3)n2)cc1.c1ccc(-c2nc(-c3ccccc3)nc(-c3cccc(N4c5ccccc5C5c6ccccc6N(c6ccccc6)C5c5ccccc54)c3)n2)cc1. The minimum Gasteiger partial charge on any atom is -0.333 e. The van der Waals surface area contributed by atoms with Crippen LogP contribution in [0.1, 0.15) is 28.7 Å². The molecule has 0 radical (unpaired) electrons. The van der Waals surface area contributed by atoms with E-state index in [1.54, 1.807) is 0 Å². The number of fused-ring (bicyclic) bond motifs is 21. The summed E-state index contributed by atoms with van der Waals surface area (Å²) in [6, 6.07) is 190. The fourth-order valence-corrected chi connectivity index (χ4v) is 23.1. The highest BCUT2D eigenvalue weighted by Gasteiger charge is 2.46. The summed E-state index contributed by atoms with van der Waals surface area (Å²) in [7, 11) is 0. The van der Waals surface area contributed by atoms with E-state index in [1.165, 1.54) is 87.7 Å². The summed E-state index contributed by atoms with van der Waals surface area (Å²) in [4.78, 5) is 49.9. The summed E-state index contributed by atoms with van der Waals surface area (Å²) >= 11 is 1.85. The zero-order valence-corrected chi connectivity index (χ0v) is 82.1. The molecule has 5 aromatic heterocycles. The van der Waals surface area contributed by atoms with Gasteiger partial charge in [0, 0.05) is 138 Å². The molecule has 14 heteroatoms. The molecule has 0 aliphatic carbocycles. The summed E-state index contributed by atoms with van der Waals surface area (Å²) in [5, 5.41) is 2.45. The number of rotatable bonds is 14. The second-order valence-corrected chi connectivity index (χ2v) is 38.6. The molecular formula is C136H91N13S. The molecule has 0 bridgehead atoms. The van der Waals surface area contributed by atoms with E-state index in [-0.39, 0.29) is 12.0 Å². The van der Waals surface area contributed by atoms with Crippen LogP contribution in [0.5, 0.6) is 0 Å². The van der Waals surface area contributed by atoms with Crippen LogP contribution in [0.15, 0.2) is 550 Å². The largest absolute Gasteiger partial charge is 0.333 e. The number of hydrogen-bond donors (Lipinski definition) is 0. The van der Waals surface area contributed by atoms with Gasteiger partial charge in [0.1, 0.15) is 0 Å². The summed E-state index contributed by atoms with van der Waals surface area (Å²) in [5.74, 6) is 4.68. The Morgan fingerprint density at radius 2 is 0.507 bits per heavy atom. The van der Waals surface area contributed by atoms with Crippen molar-refractivity contribution in [3.63, 3.8) is 0 Å². The van der Waals surface area contributed by atoms with Crippen molar-refractivity contribution in [3.8, 4) is 158 Å². The highest BCUT2D eigenvalue weighted by molar-refractivity contribution is 7.99. The van der Waals surface area contributed by atoms with Gasteiger partial charge in [-0.1, -0.05) is 418 Å². The van der Waals surface area contributed by atoms with Crippen molar-refractivity contribution < 1.29 is 0 Å². The predicted molar refractivity (Wildman–Crippen MR) is 613 cm³/mol. The standard InChI is InChI=1S/C47H33N5.C47H31N5.C42H27N3S/c1-4-17-32(18-5-1)45-48-46(33-19-6-2-7-20-33)50-47(49-45)34-21-16-24-36(31-34)51-40-28-13-10-25-37(40)43-38-26-11-14-29-41(38)52(35-22-8-3-9-23-35)44(43)39-27-12-15-30-42(39)51;1-4-16-32(17-5-1)45-48-46(33-18-6-2-7-19-33)50-47(49-45)34-28-30-36(31-29-34)52-41-26-14-11-23-38(41)43-37-22-10-13-25-40(37)51(35-20-8-3-9-21-35)42-27-15-12-24-39(42)44(43)52;1-3-14-28(15-4-1)35-27-36(44-42(43-35)29-16-5-2-6-17-29)30-18-13-19-31(26-30)45-37-23-10-7-20-32(37)40-33-21-8-11-24-38(33)46-39-25-12-9-22-34(39)41(40)45/h1-31,43-44H;1-31H;1-27H. The Balaban J connectivity index is 0.000000111. The molecule has 0 saturated carbocycles. The van der Waals surface area contributed by atoms with Gasteiger partial charge in [0.15, 0.2) is 40.8 Å². The molecule has 2 unspecified atom stereocenters. The Bertz CT molecular complexity index is 9210. The lowest BCUT2D eigenvalue weighted by molar-refractivity contribution is 0.665. The van der Waals surface area contributed by atoms with Gasteiger partial charge in [-0.25, -0.2) is 39.9 Å². The normalized spacial score (nSPS) is 13.1. The lowest BCUT2D eigenvalue weighted by atomic mass is 9.84. The highest BCUT2D eigenvalue weighted by Crippen LogP contribution is 2.63. The van der Waals surface area contributed by atoms with Crippen molar-refractivity contribution >= 4 is 79.1 Å². The molecule has 0 N–H and O–H groups in total. The average molecular weight is 1940 g/mol. The van der Waals surface area contributed by atoms with E-state index >= 15 is 0 Å². The van der Waals surface area contributed by atoms with Gasteiger partial charge >= 0.3 is 0 Å². The minimum absolute atomic E-state index is 0.0516.